The molecule has 0 bridgehead atoms. The number of halogens is 1. The highest BCUT2D eigenvalue weighted by Crippen LogP contribution is 2.62. The van der Waals surface area contributed by atoms with Gasteiger partial charge in [-0.25, -0.2) is 0 Å². The van der Waals surface area contributed by atoms with E-state index >= 15 is 0 Å². The number of hydrogen-bond donors (Lipinski definition) is 2. The minimum atomic E-state index is -0.443. The van der Waals surface area contributed by atoms with E-state index in [0.717, 1.165) is 32.1 Å². The van der Waals surface area contributed by atoms with Gasteiger partial charge in [0.2, 0.25) is 0 Å². The first-order valence-corrected chi connectivity index (χ1v) is 10.6. The summed E-state index contributed by atoms with van der Waals surface area (Å²) in [6.07, 6.45) is 6.96. The third-order valence-corrected chi connectivity index (χ3v) is 8.56. The molecule has 9 atom stereocenters. The average Bonchev–Trinajstić information content (AvgIpc) is 2.85. The normalized spacial score (nSPS) is 51.8. The molecule has 4 unspecified atom stereocenters. The van der Waals surface area contributed by atoms with Crippen LogP contribution in [0.15, 0.2) is 11.6 Å². The summed E-state index contributed by atoms with van der Waals surface area (Å²) in [5.74, 6) is 1.23. The number of aliphatic hydroxyl groups excluding tert-OH is 2. The lowest BCUT2D eigenvalue weighted by atomic mass is 9.50. The minimum Gasteiger partial charge on any atom is -0.461 e. The van der Waals surface area contributed by atoms with Crippen LogP contribution in [0.1, 0.15) is 52.4 Å². The van der Waals surface area contributed by atoms with E-state index in [0.29, 0.717) is 24.2 Å². The summed E-state index contributed by atoms with van der Waals surface area (Å²) in [5.41, 5.74) is 1.37. The molecule has 0 saturated heterocycles. The molecule has 140 valence electrons. The Labute approximate surface area is 158 Å². The molecule has 0 spiro atoms. The van der Waals surface area contributed by atoms with Crippen molar-refractivity contribution >= 4 is 21.9 Å². The monoisotopic (exact) mass is 412 g/mol. The Balaban J connectivity index is 1.64. The van der Waals surface area contributed by atoms with Crippen molar-refractivity contribution in [3.05, 3.63) is 11.6 Å². The van der Waals surface area contributed by atoms with E-state index in [1.165, 1.54) is 12.5 Å². The van der Waals surface area contributed by atoms with E-state index in [1.54, 1.807) is 0 Å². The third-order valence-electron chi connectivity index (χ3n) is 7.67. The quantitative estimate of drug-likeness (QED) is 0.394. The molecule has 0 aromatic carbocycles. The molecule has 0 aliphatic heterocycles. The molecular weight excluding hydrogens is 384 g/mol. The van der Waals surface area contributed by atoms with E-state index in [2.05, 4.69) is 22.9 Å². The molecule has 25 heavy (non-hydrogen) atoms. The Hall–Kier alpha value is -0.390. The van der Waals surface area contributed by atoms with Crippen molar-refractivity contribution in [3.8, 4) is 0 Å². The molecule has 2 N–H and O–H groups in total. The van der Waals surface area contributed by atoms with Crippen LogP contribution in [0.5, 0.6) is 0 Å². The second-order valence-corrected chi connectivity index (χ2v) is 10.1. The Morgan fingerprint density at radius 1 is 1.28 bits per heavy atom. The summed E-state index contributed by atoms with van der Waals surface area (Å²) in [6.45, 7) is 3.83. The summed E-state index contributed by atoms with van der Waals surface area (Å²) >= 11 is 3.74. The zero-order chi connectivity index (χ0) is 17.9. The van der Waals surface area contributed by atoms with Crippen molar-refractivity contribution in [1.29, 1.82) is 0 Å². The Bertz CT molecular complexity index is 590. The highest BCUT2D eigenvalue weighted by Gasteiger charge is 2.58. The van der Waals surface area contributed by atoms with Crippen LogP contribution in [0.2, 0.25) is 0 Å². The number of esters is 1. The zero-order valence-corrected chi connectivity index (χ0v) is 16.6. The Morgan fingerprint density at radius 3 is 2.76 bits per heavy atom. The van der Waals surface area contributed by atoms with Crippen molar-refractivity contribution in [2.75, 3.05) is 0 Å². The fourth-order valence-corrected chi connectivity index (χ4v) is 7.50. The van der Waals surface area contributed by atoms with Gasteiger partial charge in [-0.15, -0.1) is 0 Å². The lowest BCUT2D eigenvalue weighted by Gasteiger charge is -2.56. The largest absolute Gasteiger partial charge is 0.461 e. The van der Waals surface area contributed by atoms with Gasteiger partial charge >= 0.3 is 5.97 Å². The molecule has 0 aromatic rings. The maximum Gasteiger partial charge on any atom is 0.302 e. The smallest absolute Gasteiger partial charge is 0.302 e. The summed E-state index contributed by atoms with van der Waals surface area (Å²) in [4.78, 5) is 11.7. The number of hydrogen-bond acceptors (Lipinski definition) is 4. The van der Waals surface area contributed by atoms with Crippen LogP contribution < -0.4 is 0 Å². The van der Waals surface area contributed by atoms with Gasteiger partial charge in [-0.2, -0.15) is 0 Å². The van der Waals surface area contributed by atoms with Gasteiger partial charge in [0.15, 0.2) is 0 Å². The van der Waals surface area contributed by atoms with Gasteiger partial charge in [-0.1, -0.05) is 34.5 Å². The lowest BCUT2D eigenvalue weighted by molar-refractivity contribution is -0.150. The van der Waals surface area contributed by atoms with Crippen LogP contribution in [-0.4, -0.2) is 39.3 Å². The van der Waals surface area contributed by atoms with E-state index < -0.39 is 6.10 Å². The van der Waals surface area contributed by atoms with E-state index in [1.807, 2.05) is 6.08 Å². The zero-order valence-electron chi connectivity index (χ0n) is 15.0. The Kier molecular flexibility index (Phi) is 4.57. The van der Waals surface area contributed by atoms with Crippen LogP contribution in [0.4, 0.5) is 0 Å². The minimum absolute atomic E-state index is 0.0676. The number of ether oxygens (including phenoxy) is 1. The van der Waals surface area contributed by atoms with E-state index in [9.17, 15) is 15.0 Å². The SMILES string of the molecule is CC(=O)O[C@H]1[C@H](Br)CC2C3C(O)C=C4C[C@@H](O)CC[C@]4(C)C3CC[C@@H]21. The third kappa shape index (κ3) is 2.81. The molecule has 0 aromatic heterocycles. The van der Waals surface area contributed by atoms with Crippen molar-refractivity contribution in [1.82, 2.24) is 0 Å². The van der Waals surface area contributed by atoms with Crippen LogP contribution in [-0.2, 0) is 9.53 Å². The van der Waals surface area contributed by atoms with Gasteiger partial charge in [0.05, 0.1) is 17.0 Å². The van der Waals surface area contributed by atoms with Crippen molar-refractivity contribution < 1.29 is 19.7 Å². The van der Waals surface area contributed by atoms with E-state index in [-0.39, 0.29) is 34.3 Å². The number of carbonyl (C=O) groups excluding carboxylic acids is 1. The van der Waals surface area contributed by atoms with Gasteiger partial charge in [0, 0.05) is 12.8 Å². The molecule has 5 heteroatoms. The fraction of sp³-hybridized carbons (Fsp3) is 0.850. The standard InChI is InChI=1S/C20H29BrO4/c1-10(22)25-19-13-3-4-15-18(14(13)9-16(19)21)17(24)8-11-7-12(23)5-6-20(11,15)2/h8,12-19,23-24H,3-7,9H2,1-2H3/t12-,13-,14?,15?,16+,17?,18?,19+,20-/m0/s1. The Morgan fingerprint density at radius 2 is 2.04 bits per heavy atom. The molecule has 0 amide bonds. The summed E-state index contributed by atoms with van der Waals surface area (Å²) < 4.78 is 5.64. The van der Waals surface area contributed by atoms with Crippen molar-refractivity contribution in [2.24, 2.45) is 29.1 Å². The summed E-state index contributed by atoms with van der Waals surface area (Å²) in [6, 6.07) is 0. The summed E-state index contributed by atoms with van der Waals surface area (Å²) in [7, 11) is 0. The highest BCUT2D eigenvalue weighted by atomic mass is 79.9. The fourth-order valence-electron chi connectivity index (χ4n) is 6.57. The topological polar surface area (TPSA) is 66.8 Å². The van der Waals surface area contributed by atoms with Crippen LogP contribution >= 0.6 is 15.9 Å². The summed E-state index contributed by atoms with van der Waals surface area (Å²) in [5, 5.41) is 21.0. The first kappa shape index (κ1) is 18.0. The number of alkyl halides is 1. The first-order valence-electron chi connectivity index (χ1n) is 9.70. The molecule has 0 heterocycles. The van der Waals surface area contributed by atoms with Crippen molar-refractivity contribution in [2.45, 2.75) is 75.5 Å². The van der Waals surface area contributed by atoms with Gasteiger partial charge in [-0.05, 0) is 61.7 Å². The second kappa shape index (κ2) is 6.35. The predicted molar refractivity (Wildman–Crippen MR) is 98.1 cm³/mol. The molecule has 3 saturated carbocycles. The number of aliphatic hydroxyl groups is 2. The first-order chi connectivity index (χ1) is 11.8. The average molecular weight is 413 g/mol. The number of fused-ring (bicyclic) bond motifs is 5. The van der Waals surface area contributed by atoms with Gasteiger partial charge in [0.25, 0.3) is 0 Å². The highest BCUT2D eigenvalue weighted by molar-refractivity contribution is 9.09. The molecule has 4 aliphatic rings. The predicted octanol–water partition coefficient (Wildman–Crippen LogP) is 3.20. The molecule has 4 aliphatic carbocycles. The molecule has 4 rings (SSSR count). The lowest BCUT2D eigenvalue weighted by Crippen LogP contribution is -2.52. The number of carbonyl (C=O) groups is 1. The van der Waals surface area contributed by atoms with Crippen molar-refractivity contribution in [3.63, 3.8) is 0 Å². The molecular formula is C20H29BrO4. The molecule has 3 fully saturated rings. The molecule has 0 radical (unpaired) electrons. The van der Waals surface area contributed by atoms with Crippen LogP contribution in [0, 0.1) is 29.1 Å². The van der Waals surface area contributed by atoms with Crippen LogP contribution in [0.3, 0.4) is 0 Å². The maximum atomic E-state index is 11.5. The molecule has 4 nitrogen and oxygen atoms in total. The van der Waals surface area contributed by atoms with Gasteiger partial charge in [0.1, 0.15) is 6.10 Å². The van der Waals surface area contributed by atoms with Crippen LogP contribution in [0.25, 0.3) is 0 Å². The number of rotatable bonds is 1. The van der Waals surface area contributed by atoms with Gasteiger partial charge in [-0.3, -0.25) is 4.79 Å². The van der Waals surface area contributed by atoms with E-state index in [4.69, 9.17) is 4.74 Å². The van der Waals surface area contributed by atoms with Gasteiger partial charge < -0.3 is 14.9 Å². The second-order valence-electron chi connectivity index (χ2n) is 8.91. The maximum absolute atomic E-state index is 11.5.